The third kappa shape index (κ3) is 22.0. The average Bonchev–Trinajstić information content (AvgIpc) is 3.32. The van der Waals surface area contributed by atoms with Crippen LogP contribution >= 0.6 is 0 Å². The van der Waals surface area contributed by atoms with Gasteiger partial charge in [-0.2, -0.15) is 0 Å². The Hall–Kier alpha value is -6.97. The zero-order chi connectivity index (χ0) is 52.2. The molecular weight excluding hydrogens is 901 g/mol. The van der Waals surface area contributed by atoms with Gasteiger partial charge in [-0.1, -0.05) is 76.6 Å². The number of nitrogens with zero attached hydrogens (tertiary/aromatic N) is 2. The van der Waals surface area contributed by atoms with Crippen LogP contribution in [-0.2, 0) is 46.4 Å². The van der Waals surface area contributed by atoms with Gasteiger partial charge >= 0.3 is 0 Å². The highest BCUT2D eigenvalue weighted by molar-refractivity contribution is 5.97. The molecule has 0 aliphatic carbocycles. The fraction of sp³-hybridized carbons (Fsp3) is 0.562. The van der Waals surface area contributed by atoms with Crippen molar-refractivity contribution < 1.29 is 38.7 Å². The maximum Gasteiger partial charge on any atom is 0.243 e. The number of rotatable bonds is 33. The Morgan fingerprint density at radius 1 is 0.514 bits per heavy atom. The Kier molecular flexibility index (Phi) is 27.0. The summed E-state index contributed by atoms with van der Waals surface area (Å²) in [5, 5.41) is 26.7. The highest BCUT2D eigenvalue weighted by atomic mass is 16.3. The monoisotopic (exact) mass is 979 g/mol. The van der Waals surface area contributed by atoms with Crippen LogP contribution in [0.1, 0.15) is 103 Å². The van der Waals surface area contributed by atoms with Gasteiger partial charge in [-0.05, 0) is 93.5 Å². The highest BCUT2D eigenvalue weighted by Gasteiger charge is 2.35. The molecule has 19 N–H and O–H groups in total. The van der Waals surface area contributed by atoms with E-state index < -0.39 is 77.6 Å². The lowest BCUT2D eigenvalue weighted by atomic mass is 9.96. The Balaban J connectivity index is 2.59. The van der Waals surface area contributed by atoms with Crippen molar-refractivity contribution in [1.82, 2.24) is 31.9 Å². The van der Waals surface area contributed by atoms with Crippen molar-refractivity contribution in [3.63, 3.8) is 0 Å². The summed E-state index contributed by atoms with van der Waals surface area (Å²) in [6.07, 6.45) is 3.34. The molecule has 0 heterocycles. The Morgan fingerprint density at radius 2 is 0.943 bits per heavy atom. The molecule has 0 saturated carbocycles. The van der Waals surface area contributed by atoms with E-state index in [1.807, 2.05) is 20.8 Å². The van der Waals surface area contributed by atoms with E-state index in [1.54, 1.807) is 49.4 Å². The molecule has 0 aromatic heterocycles. The molecule has 0 fully saturated rings. The molecular formula is C48H78N14O8. The minimum Gasteiger partial charge on any atom is -0.508 e. The first-order valence-electron chi connectivity index (χ1n) is 24.1. The number of carbonyl (C=O) groups excluding carboxylic acids is 7. The van der Waals surface area contributed by atoms with Crippen LogP contribution < -0.4 is 66.3 Å². The lowest BCUT2D eigenvalue weighted by Crippen LogP contribution is -2.61. The highest BCUT2D eigenvalue weighted by Crippen LogP contribution is 2.15. The van der Waals surface area contributed by atoms with Gasteiger partial charge in [0.2, 0.25) is 41.4 Å². The van der Waals surface area contributed by atoms with Gasteiger partial charge in [0.05, 0.1) is 0 Å². The standard InChI is InChI=1S/C48H78N14O8/c1-5-29(4)39(46(70)57-34(40(50)64)17-11-12-24-49)62-43(67)36(19-14-26-56-48(53)54)59-44(68)38(28-31-20-22-33(63)23-21-31)61-45(69)37(27-30-15-9-8-10-16-30)60-42(66)35(18-13-25-55-47(51)52)58-41(65)32(6-2)7-3/h8-10,15-16,20-23,29,32,34-39,63H,5-7,11-14,17-19,24-28,49H2,1-4H3,(H2,50,64)(H,57,70)(H,58,65)(H,59,68)(H,60,66)(H,61,69)(H,62,67)(H4,51,52,55)(H4,53,54,56). The van der Waals surface area contributed by atoms with Gasteiger partial charge in [-0.25, -0.2) is 0 Å². The van der Waals surface area contributed by atoms with Crippen LogP contribution in [0, 0.1) is 11.8 Å². The first-order chi connectivity index (χ1) is 33.3. The van der Waals surface area contributed by atoms with Crippen molar-refractivity contribution in [3.05, 3.63) is 65.7 Å². The first kappa shape index (κ1) is 59.2. The summed E-state index contributed by atoms with van der Waals surface area (Å²) in [5.74, 6) is -5.87. The van der Waals surface area contributed by atoms with Crippen LogP contribution in [0.5, 0.6) is 5.75 Å². The van der Waals surface area contributed by atoms with Crippen LogP contribution in [0.25, 0.3) is 0 Å². The van der Waals surface area contributed by atoms with Crippen molar-refractivity contribution in [2.24, 2.45) is 56.2 Å². The summed E-state index contributed by atoms with van der Waals surface area (Å²) in [4.78, 5) is 105. The number of aromatic hydroxyl groups is 1. The second kappa shape index (κ2) is 32.0. The summed E-state index contributed by atoms with van der Waals surface area (Å²) in [6, 6.07) is 7.56. The maximum atomic E-state index is 14.6. The Labute approximate surface area is 411 Å². The topological polar surface area (TPSA) is 393 Å². The van der Waals surface area contributed by atoms with Crippen molar-refractivity contribution in [3.8, 4) is 5.75 Å². The van der Waals surface area contributed by atoms with Crippen molar-refractivity contribution in [2.45, 2.75) is 141 Å². The van der Waals surface area contributed by atoms with Crippen LogP contribution in [0.2, 0.25) is 0 Å². The van der Waals surface area contributed by atoms with E-state index in [1.165, 1.54) is 12.1 Å². The molecule has 2 aromatic carbocycles. The summed E-state index contributed by atoms with van der Waals surface area (Å²) in [7, 11) is 0. The van der Waals surface area contributed by atoms with E-state index in [0.717, 1.165) is 0 Å². The smallest absolute Gasteiger partial charge is 0.243 e. The van der Waals surface area contributed by atoms with Crippen LogP contribution in [-0.4, -0.2) is 114 Å². The number of carbonyl (C=O) groups is 7. The molecule has 0 spiro atoms. The largest absolute Gasteiger partial charge is 0.508 e. The molecule has 7 amide bonds. The number of nitrogens with one attached hydrogen (secondary N) is 6. The van der Waals surface area contributed by atoms with Crippen molar-refractivity contribution >= 4 is 53.3 Å². The van der Waals surface area contributed by atoms with Gasteiger partial charge in [0, 0.05) is 31.8 Å². The summed E-state index contributed by atoms with van der Waals surface area (Å²) in [6.45, 7) is 7.95. The lowest BCUT2D eigenvalue weighted by Gasteiger charge is -2.29. The second-order valence-corrected chi connectivity index (χ2v) is 17.3. The lowest BCUT2D eigenvalue weighted by molar-refractivity contribution is -0.136. The summed E-state index contributed by atoms with van der Waals surface area (Å²) >= 11 is 0. The Bertz CT molecular complexity index is 2030. The predicted molar refractivity (Wildman–Crippen MR) is 269 cm³/mol. The Morgan fingerprint density at radius 3 is 1.40 bits per heavy atom. The van der Waals surface area contributed by atoms with E-state index in [2.05, 4.69) is 41.9 Å². The molecule has 2 rings (SSSR count). The van der Waals surface area contributed by atoms with E-state index in [0.29, 0.717) is 56.2 Å². The number of phenolic OH excluding ortho intramolecular Hbond substituents is 1. The van der Waals surface area contributed by atoms with E-state index >= 15 is 0 Å². The number of amides is 7. The third-order valence-corrected chi connectivity index (χ3v) is 11.8. The van der Waals surface area contributed by atoms with Gasteiger partial charge in [0.1, 0.15) is 42.0 Å². The molecule has 22 heteroatoms. The number of hydrogen-bond acceptors (Lipinski definition) is 11. The zero-order valence-electron chi connectivity index (χ0n) is 41.1. The van der Waals surface area contributed by atoms with Gasteiger partial charge in [0.15, 0.2) is 11.9 Å². The number of nitrogens with two attached hydrogens (primary N) is 6. The minimum absolute atomic E-state index is 0.0218. The van der Waals surface area contributed by atoms with Gasteiger partial charge in [-0.3, -0.25) is 43.5 Å². The molecule has 7 unspecified atom stereocenters. The van der Waals surface area contributed by atoms with Crippen LogP contribution in [0.15, 0.2) is 64.6 Å². The van der Waals surface area contributed by atoms with E-state index in [9.17, 15) is 38.7 Å². The SMILES string of the molecule is CCC(CC)C(=O)NC(CCCN=C(N)N)C(=O)NC(Cc1ccccc1)C(=O)NC(Cc1ccc(O)cc1)C(=O)NC(CCCN=C(N)N)C(=O)NC(C(=O)NC(CCCCN)C(N)=O)C(C)CC. The number of hydrogen-bond donors (Lipinski definition) is 13. The molecule has 0 radical (unpaired) electrons. The van der Waals surface area contributed by atoms with E-state index in [4.69, 9.17) is 34.4 Å². The molecule has 22 nitrogen and oxygen atoms in total. The number of phenols is 1. The van der Waals surface area contributed by atoms with Gasteiger partial charge in [0.25, 0.3) is 0 Å². The number of aliphatic imine (C=N–C) groups is 2. The third-order valence-electron chi connectivity index (χ3n) is 11.8. The fourth-order valence-corrected chi connectivity index (χ4v) is 7.44. The molecule has 70 heavy (non-hydrogen) atoms. The summed E-state index contributed by atoms with van der Waals surface area (Å²) < 4.78 is 0. The maximum absolute atomic E-state index is 14.6. The average molecular weight is 979 g/mol. The quantitative estimate of drug-likeness (QED) is 0.0239. The molecule has 0 aliphatic rings. The molecule has 2 aromatic rings. The fourth-order valence-electron chi connectivity index (χ4n) is 7.44. The first-order valence-corrected chi connectivity index (χ1v) is 24.1. The van der Waals surface area contributed by atoms with Crippen LogP contribution in [0.3, 0.4) is 0 Å². The number of unbranched alkanes of at least 4 members (excludes halogenated alkanes) is 1. The molecule has 7 atom stereocenters. The van der Waals surface area contributed by atoms with Crippen molar-refractivity contribution in [1.29, 1.82) is 0 Å². The van der Waals surface area contributed by atoms with Crippen molar-refractivity contribution in [2.75, 3.05) is 19.6 Å². The zero-order valence-corrected chi connectivity index (χ0v) is 41.1. The second-order valence-electron chi connectivity index (χ2n) is 17.3. The van der Waals surface area contributed by atoms with Gasteiger partial charge < -0.3 is 71.4 Å². The molecule has 388 valence electrons. The molecule has 0 bridgehead atoms. The molecule has 0 aliphatic heterocycles. The predicted octanol–water partition coefficient (Wildman–Crippen LogP) is -0.710. The minimum atomic E-state index is -1.39. The number of guanidine groups is 2. The number of benzene rings is 2. The molecule has 0 saturated heterocycles. The number of primary amides is 1. The van der Waals surface area contributed by atoms with Gasteiger partial charge in [-0.15, -0.1) is 0 Å². The normalized spacial score (nSPS) is 14.0. The summed E-state index contributed by atoms with van der Waals surface area (Å²) in [5.41, 5.74) is 34.5. The van der Waals surface area contributed by atoms with Crippen LogP contribution in [0.4, 0.5) is 0 Å². The van der Waals surface area contributed by atoms with E-state index in [-0.39, 0.29) is 81.1 Å².